The molecule has 25 heavy (non-hydrogen) atoms. The van der Waals surface area contributed by atoms with Crippen LogP contribution in [0, 0.1) is 0 Å². The van der Waals surface area contributed by atoms with E-state index in [9.17, 15) is 9.59 Å². The average Bonchev–Trinajstić information content (AvgIpc) is 3.23. The fraction of sp³-hybridized carbons (Fsp3) is 0.100. The first-order valence-corrected chi connectivity index (χ1v) is 8.12. The van der Waals surface area contributed by atoms with Crippen molar-refractivity contribution in [3.8, 4) is 5.69 Å². The van der Waals surface area contributed by atoms with Gasteiger partial charge in [-0.1, -0.05) is 12.1 Å². The highest BCUT2D eigenvalue weighted by Gasteiger charge is 2.17. The van der Waals surface area contributed by atoms with E-state index in [0.29, 0.717) is 18.5 Å². The zero-order valence-electron chi connectivity index (χ0n) is 13.5. The minimum absolute atomic E-state index is 0.0127. The molecule has 5 heteroatoms. The monoisotopic (exact) mass is 331 g/mol. The quantitative estimate of drug-likeness (QED) is 0.771. The van der Waals surface area contributed by atoms with E-state index in [1.807, 2.05) is 65.5 Å². The largest absolute Gasteiger partial charge is 0.326 e. The summed E-state index contributed by atoms with van der Waals surface area (Å²) in [5.41, 5.74) is 4.46. The fourth-order valence-corrected chi connectivity index (χ4v) is 2.99. The lowest BCUT2D eigenvalue weighted by Gasteiger charge is -2.08. The number of carbonyl (C=O) groups excluding carboxylic acids is 2. The molecule has 0 atom stereocenters. The summed E-state index contributed by atoms with van der Waals surface area (Å²) in [6, 6.07) is 17.3. The molecule has 2 heterocycles. The molecule has 0 saturated heterocycles. The molecule has 1 aliphatic rings. The SMILES string of the molecule is O=C(Cc1ccc(-n2cccc2)cc1)Nc1ccc2c(c1)CC(=O)N2. The Hall–Kier alpha value is -3.34. The molecule has 2 aromatic carbocycles. The van der Waals surface area contributed by atoms with E-state index >= 15 is 0 Å². The number of hydrogen-bond donors (Lipinski definition) is 2. The minimum Gasteiger partial charge on any atom is -0.326 e. The van der Waals surface area contributed by atoms with Crippen LogP contribution in [0.15, 0.2) is 67.0 Å². The van der Waals surface area contributed by atoms with Crippen molar-refractivity contribution in [1.29, 1.82) is 0 Å². The van der Waals surface area contributed by atoms with Crippen LogP contribution in [0.4, 0.5) is 11.4 Å². The van der Waals surface area contributed by atoms with Gasteiger partial charge in [0, 0.05) is 29.5 Å². The summed E-state index contributed by atoms with van der Waals surface area (Å²) in [7, 11) is 0. The Morgan fingerprint density at radius 1 is 1.08 bits per heavy atom. The molecule has 0 saturated carbocycles. The van der Waals surface area contributed by atoms with Crippen LogP contribution in [0.2, 0.25) is 0 Å². The minimum atomic E-state index is -0.0778. The van der Waals surface area contributed by atoms with Gasteiger partial charge in [-0.3, -0.25) is 9.59 Å². The lowest BCUT2D eigenvalue weighted by Crippen LogP contribution is -2.14. The fourth-order valence-electron chi connectivity index (χ4n) is 2.99. The molecule has 0 aliphatic carbocycles. The van der Waals surface area contributed by atoms with E-state index in [1.54, 1.807) is 6.07 Å². The van der Waals surface area contributed by atoms with Crippen LogP contribution < -0.4 is 10.6 Å². The van der Waals surface area contributed by atoms with Crippen molar-refractivity contribution in [2.75, 3.05) is 10.6 Å². The Kier molecular flexibility index (Phi) is 3.82. The van der Waals surface area contributed by atoms with Crippen molar-refractivity contribution in [1.82, 2.24) is 4.57 Å². The second-order valence-corrected chi connectivity index (χ2v) is 6.08. The summed E-state index contributed by atoms with van der Waals surface area (Å²) in [6.45, 7) is 0. The summed E-state index contributed by atoms with van der Waals surface area (Å²) >= 11 is 0. The molecule has 1 aliphatic heterocycles. The van der Waals surface area contributed by atoms with Gasteiger partial charge in [-0.25, -0.2) is 0 Å². The van der Waals surface area contributed by atoms with Gasteiger partial charge >= 0.3 is 0 Å². The molecule has 0 radical (unpaired) electrons. The van der Waals surface area contributed by atoms with Gasteiger partial charge in [-0.05, 0) is 53.6 Å². The summed E-state index contributed by atoms with van der Waals surface area (Å²) in [5, 5.41) is 5.67. The highest BCUT2D eigenvalue weighted by Crippen LogP contribution is 2.26. The summed E-state index contributed by atoms with van der Waals surface area (Å²) in [4.78, 5) is 23.6. The number of aromatic nitrogens is 1. The van der Waals surface area contributed by atoms with Crippen molar-refractivity contribution in [3.63, 3.8) is 0 Å². The molecule has 0 unspecified atom stereocenters. The molecule has 5 nitrogen and oxygen atoms in total. The zero-order valence-corrected chi connectivity index (χ0v) is 13.5. The van der Waals surface area contributed by atoms with Gasteiger partial charge in [-0.2, -0.15) is 0 Å². The number of nitrogens with zero attached hydrogens (tertiary/aromatic N) is 1. The molecular formula is C20H17N3O2. The third kappa shape index (κ3) is 3.30. The lowest BCUT2D eigenvalue weighted by molar-refractivity contribution is -0.116. The van der Waals surface area contributed by atoms with Crippen molar-refractivity contribution >= 4 is 23.2 Å². The van der Waals surface area contributed by atoms with Crippen molar-refractivity contribution in [2.24, 2.45) is 0 Å². The van der Waals surface area contributed by atoms with Gasteiger partial charge < -0.3 is 15.2 Å². The van der Waals surface area contributed by atoms with Crippen LogP contribution in [0.5, 0.6) is 0 Å². The number of anilines is 2. The standard InChI is InChI=1S/C20H17N3O2/c24-19(21-16-5-8-18-15(12-16)13-20(25)22-18)11-14-3-6-17(7-4-14)23-9-1-2-10-23/h1-10,12H,11,13H2,(H,21,24)(H,22,25). The molecule has 124 valence electrons. The lowest BCUT2D eigenvalue weighted by atomic mass is 10.1. The first-order valence-electron chi connectivity index (χ1n) is 8.12. The molecule has 1 aromatic heterocycles. The molecule has 0 spiro atoms. The predicted octanol–water partition coefficient (Wildman–Crippen LogP) is 3.15. The summed E-state index contributed by atoms with van der Waals surface area (Å²) in [6.07, 6.45) is 4.63. The van der Waals surface area contributed by atoms with Crippen LogP contribution in [-0.4, -0.2) is 16.4 Å². The van der Waals surface area contributed by atoms with Gasteiger partial charge in [0.25, 0.3) is 0 Å². The van der Waals surface area contributed by atoms with E-state index in [4.69, 9.17) is 0 Å². The maximum Gasteiger partial charge on any atom is 0.228 e. The van der Waals surface area contributed by atoms with Crippen LogP contribution >= 0.6 is 0 Å². The number of carbonyl (C=O) groups is 2. The third-order valence-electron chi connectivity index (χ3n) is 4.22. The molecule has 2 N–H and O–H groups in total. The Balaban J connectivity index is 1.41. The Morgan fingerprint density at radius 2 is 1.84 bits per heavy atom. The molecule has 2 amide bonds. The Morgan fingerprint density at radius 3 is 2.60 bits per heavy atom. The second kappa shape index (κ2) is 6.28. The highest BCUT2D eigenvalue weighted by atomic mass is 16.2. The highest BCUT2D eigenvalue weighted by molar-refractivity contribution is 6.00. The Bertz CT molecular complexity index is 928. The smallest absolute Gasteiger partial charge is 0.228 e. The van der Waals surface area contributed by atoms with E-state index in [2.05, 4.69) is 10.6 Å². The molecular weight excluding hydrogens is 314 g/mol. The molecule has 0 fully saturated rings. The van der Waals surface area contributed by atoms with Gasteiger partial charge in [0.2, 0.25) is 11.8 Å². The summed E-state index contributed by atoms with van der Waals surface area (Å²) in [5.74, 6) is -0.0906. The van der Waals surface area contributed by atoms with Crippen LogP contribution in [-0.2, 0) is 22.4 Å². The van der Waals surface area contributed by atoms with Crippen molar-refractivity contribution < 1.29 is 9.59 Å². The maximum absolute atomic E-state index is 12.3. The topological polar surface area (TPSA) is 63.1 Å². The predicted molar refractivity (Wildman–Crippen MR) is 96.9 cm³/mol. The first-order chi connectivity index (χ1) is 12.2. The summed E-state index contributed by atoms with van der Waals surface area (Å²) < 4.78 is 2.02. The van der Waals surface area contributed by atoms with Gasteiger partial charge in [0.1, 0.15) is 0 Å². The molecule has 3 aromatic rings. The maximum atomic E-state index is 12.3. The van der Waals surface area contributed by atoms with Crippen LogP contribution in [0.1, 0.15) is 11.1 Å². The number of rotatable bonds is 4. The van der Waals surface area contributed by atoms with Crippen molar-refractivity contribution in [2.45, 2.75) is 12.8 Å². The van der Waals surface area contributed by atoms with Crippen molar-refractivity contribution in [3.05, 3.63) is 78.1 Å². The first kappa shape index (κ1) is 15.2. The number of amides is 2. The van der Waals surface area contributed by atoms with Gasteiger partial charge in [0.05, 0.1) is 12.8 Å². The van der Waals surface area contributed by atoms with E-state index < -0.39 is 0 Å². The van der Waals surface area contributed by atoms with E-state index in [1.165, 1.54) is 0 Å². The number of hydrogen-bond acceptors (Lipinski definition) is 2. The molecule has 0 bridgehead atoms. The van der Waals surface area contributed by atoms with Crippen LogP contribution in [0.25, 0.3) is 5.69 Å². The molecule has 4 rings (SSSR count). The van der Waals surface area contributed by atoms with E-state index in [0.717, 1.165) is 22.5 Å². The normalized spacial score (nSPS) is 12.6. The number of fused-ring (bicyclic) bond motifs is 1. The number of nitrogens with one attached hydrogen (secondary N) is 2. The van der Waals surface area contributed by atoms with Gasteiger partial charge in [0.15, 0.2) is 0 Å². The number of benzene rings is 2. The van der Waals surface area contributed by atoms with E-state index in [-0.39, 0.29) is 11.8 Å². The second-order valence-electron chi connectivity index (χ2n) is 6.08. The zero-order chi connectivity index (χ0) is 17.2. The third-order valence-corrected chi connectivity index (χ3v) is 4.22. The van der Waals surface area contributed by atoms with Crippen LogP contribution in [0.3, 0.4) is 0 Å². The average molecular weight is 331 g/mol. The Labute approximate surface area is 145 Å². The van der Waals surface area contributed by atoms with Gasteiger partial charge in [-0.15, -0.1) is 0 Å².